The van der Waals surface area contributed by atoms with Gasteiger partial charge in [-0.15, -0.1) is 0 Å². The Morgan fingerprint density at radius 3 is 2.62 bits per heavy atom. The van der Waals surface area contributed by atoms with Crippen LogP contribution in [-0.4, -0.2) is 18.2 Å². The summed E-state index contributed by atoms with van der Waals surface area (Å²) < 4.78 is 2.28. The molecule has 3 heteroatoms. The number of fused-ring (bicyclic) bond motifs is 1. The van der Waals surface area contributed by atoms with Crippen LogP contribution in [0.25, 0.3) is 10.9 Å². The Labute approximate surface area is 143 Å². The van der Waals surface area contributed by atoms with Crippen LogP contribution in [0, 0.1) is 11.8 Å². The van der Waals surface area contributed by atoms with Crippen molar-refractivity contribution in [2.24, 2.45) is 0 Å². The highest BCUT2D eigenvalue weighted by Gasteiger charge is 2.08. The van der Waals surface area contributed by atoms with Gasteiger partial charge in [0.15, 0.2) is 0 Å². The van der Waals surface area contributed by atoms with E-state index in [4.69, 9.17) is 0 Å². The van der Waals surface area contributed by atoms with Crippen molar-refractivity contribution in [2.75, 3.05) is 18.9 Å². The third kappa shape index (κ3) is 3.45. The highest BCUT2D eigenvalue weighted by molar-refractivity contribution is 5.85. The van der Waals surface area contributed by atoms with Crippen LogP contribution in [0.4, 0.5) is 5.69 Å². The summed E-state index contributed by atoms with van der Waals surface area (Å²) in [7, 11) is 1.98. The van der Waals surface area contributed by atoms with Gasteiger partial charge in [0.25, 0.3) is 0 Å². The van der Waals surface area contributed by atoms with E-state index in [-0.39, 0.29) is 0 Å². The Morgan fingerprint density at radius 2 is 1.88 bits per heavy atom. The molecule has 0 saturated heterocycles. The monoisotopic (exact) mass is 317 g/mol. The van der Waals surface area contributed by atoms with Crippen molar-refractivity contribution in [1.29, 1.82) is 0 Å². The first-order valence-electron chi connectivity index (χ1n) is 8.37. The third-order valence-corrected chi connectivity index (χ3v) is 4.09. The molecule has 2 N–H and O–H groups in total. The summed E-state index contributed by atoms with van der Waals surface area (Å²) in [6.07, 6.45) is 0. The minimum atomic E-state index is 0.638. The molecule has 2 aromatic carbocycles. The molecule has 1 heterocycles. The van der Waals surface area contributed by atoms with Gasteiger partial charge in [-0.25, -0.2) is 0 Å². The minimum Gasteiger partial charge on any atom is -0.374 e. The highest BCUT2D eigenvalue weighted by Crippen LogP contribution is 2.23. The third-order valence-electron chi connectivity index (χ3n) is 4.09. The Bertz CT molecular complexity index is 866. The standard InChI is InChI=1S/C21H23N3/c1-3-24-19(12-8-14-23-18-10-5-4-6-11-18)15-20-17(16-22-2)9-7-13-21(20)24/h4-7,9-11,13,15,22-23H,3,14,16H2,1-2H3. The summed E-state index contributed by atoms with van der Waals surface area (Å²) in [5.74, 6) is 6.56. The van der Waals surface area contributed by atoms with Crippen LogP contribution in [0.5, 0.6) is 0 Å². The molecule has 3 aromatic rings. The van der Waals surface area contributed by atoms with E-state index in [2.05, 4.69) is 70.4 Å². The van der Waals surface area contributed by atoms with Crippen LogP contribution >= 0.6 is 0 Å². The molecule has 0 spiro atoms. The maximum absolute atomic E-state index is 3.32. The molecule has 3 nitrogen and oxygen atoms in total. The molecule has 3 rings (SSSR count). The molecular weight excluding hydrogens is 294 g/mol. The molecule has 0 unspecified atom stereocenters. The predicted octanol–water partition coefficient (Wildman–Crippen LogP) is 3.84. The van der Waals surface area contributed by atoms with E-state index in [0.29, 0.717) is 6.54 Å². The number of nitrogens with zero attached hydrogens (tertiary/aromatic N) is 1. The lowest BCUT2D eigenvalue weighted by atomic mass is 10.1. The van der Waals surface area contributed by atoms with Gasteiger partial charge in [0.05, 0.1) is 12.2 Å². The average molecular weight is 317 g/mol. The van der Waals surface area contributed by atoms with Crippen molar-refractivity contribution in [3.63, 3.8) is 0 Å². The number of aromatic nitrogens is 1. The van der Waals surface area contributed by atoms with Crippen molar-refractivity contribution in [1.82, 2.24) is 9.88 Å². The van der Waals surface area contributed by atoms with Crippen LogP contribution < -0.4 is 10.6 Å². The van der Waals surface area contributed by atoms with E-state index in [0.717, 1.165) is 24.5 Å². The maximum atomic E-state index is 3.32. The molecule has 122 valence electrons. The lowest BCUT2D eigenvalue weighted by Crippen LogP contribution is -2.05. The molecule has 0 aliphatic carbocycles. The van der Waals surface area contributed by atoms with Gasteiger partial charge in [0.1, 0.15) is 0 Å². The number of anilines is 1. The van der Waals surface area contributed by atoms with Crippen LogP contribution in [-0.2, 0) is 13.1 Å². The normalized spacial score (nSPS) is 10.4. The highest BCUT2D eigenvalue weighted by atomic mass is 15.0. The minimum absolute atomic E-state index is 0.638. The Balaban J connectivity index is 1.84. The number of hydrogen-bond acceptors (Lipinski definition) is 2. The number of rotatable bonds is 5. The molecular formula is C21H23N3. The van der Waals surface area contributed by atoms with Gasteiger partial charge in [0, 0.05) is 29.7 Å². The van der Waals surface area contributed by atoms with E-state index in [1.54, 1.807) is 0 Å². The molecule has 0 atom stereocenters. The van der Waals surface area contributed by atoms with E-state index in [9.17, 15) is 0 Å². The van der Waals surface area contributed by atoms with Crippen molar-refractivity contribution in [3.05, 3.63) is 65.9 Å². The molecule has 0 aliphatic rings. The smallest absolute Gasteiger partial charge is 0.0931 e. The first-order chi connectivity index (χ1) is 11.8. The van der Waals surface area contributed by atoms with Crippen LogP contribution in [0.15, 0.2) is 54.6 Å². The fourth-order valence-corrected chi connectivity index (χ4v) is 2.97. The molecule has 0 fully saturated rings. The number of benzene rings is 2. The van der Waals surface area contributed by atoms with Gasteiger partial charge < -0.3 is 15.2 Å². The Morgan fingerprint density at radius 1 is 1.04 bits per heavy atom. The largest absolute Gasteiger partial charge is 0.374 e. The topological polar surface area (TPSA) is 29.0 Å². The molecule has 0 amide bonds. The number of para-hydroxylation sites is 1. The zero-order chi connectivity index (χ0) is 16.8. The fraction of sp³-hybridized carbons (Fsp3) is 0.238. The van der Waals surface area contributed by atoms with Gasteiger partial charge in [0.2, 0.25) is 0 Å². The second kappa shape index (κ2) is 7.72. The van der Waals surface area contributed by atoms with Gasteiger partial charge in [-0.2, -0.15) is 0 Å². The van der Waals surface area contributed by atoms with Gasteiger partial charge in [-0.05, 0) is 49.7 Å². The van der Waals surface area contributed by atoms with Crippen molar-refractivity contribution < 1.29 is 0 Å². The second-order valence-electron chi connectivity index (χ2n) is 5.68. The number of hydrogen-bond donors (Lipinski definition) is 2. The van der Waals surface area contributed by atoms with Gasteiger partial charge in [-0.1, -0.05) is 36.3 Å². The number of aryl methyl sites for hydroxylation is 1. The van der Waals surface area contributed by atoms with Crippen molar-refractivity contribution in [3.8, 4) is 11.8 Å². The average Bonchev–Trinajstić information content (AvgIpc) is 2.98. The first-order valence-corrected chi connectivity index (χ1v) is 8.37. The summed E-state index contributed by atoms with van der Waals surface area (Å²) in [6, 6.07) is 18.8. The van der Waals surface area contributed by atoms with Crippen LogP contribution in [0.2, 0.25) is 0 Å². The molecule has 0 bridgehead atoms. The quantitative estimate of drug-likeness (QED) is 0.700. The SMILES string of the molecule is CCn1c(C#CCNc2ccccc2)cc2c(CNC)cccc21. The summed E-state index contributed by atoms with van der Waals surface area (Å²) in [5.41, 5.74) is 4.74. The van der Waals surface area contributed by atoms with Crippen molar-refractivity contribution in [2.45, 2.75) is 20.0 Å². The molecule has 0 saturated carbocycles. The summed E-state index contributed by atoms with van der Waals surface area (Å²) in [5, 5.41) is 7.85. The predicted molar refractivity (Wildman–Crippen MR) is 102 cm³/mol. The van der Waals surface area contributed by atoms with E-state index in [1.807, 2.05) is 25.2 Å². The molecule has 1 aromatic heterocycles. The van der Waals surface area contributed by atoms with Crippen LogP contribution in [0.1, 0.15) is 18.2 Å². The van der Waals surface area contributed by atoms with Gasteiger partial charge in [-0.3, -0.25) is 0 Å². The molecule has 0 radical (unpaired) electrons. The van der Waals surface area contributed by atoms with E-state index >= 15 is 0 Å². The summed E-state index contributed by atoms with van der Waals surface area (Å²) >= 11 is 0. The van der Waals surface area contributed by atoms with Crippen LogP contribution in [0.3, 0.4) is 0 Å². The maximum Gasteiger partial charge on any atom is 0.0931 e. The fourth-order valence-electron chi connectivity index (χ4n) is 2.97. The number of nitrogens with one attached hydrogen (secondary N) is 2. The summed E-state index contributed by atoms with van der Waals surface area (Å²) in [4.78, 5) is 0. The zero-order valence-corrected chi connectivity index (χ0v) is 14.3. The zero-order valence-electron chi connectivity index (χ0n) is 14.3. The van der Waals surface area contributed by atoms with Gasteiger partial charge >= 0.3 is 0 Å². The molecule has 0 aliphatic heterocycles. The van der Waals surface area contributed by atoms with E-state index in [1.165, 1.54) is 16.5 Å². The lowest BCUT2D eigenvalue weighted by molar-refractivity contribution is 0.786. The van der Waals surface area contributed by atoms with E-state index < -0.39 is 0 Å². The Hall–Kier alpha value is -2.70. The second-order valence-corrected chi connectivity index (χ2v) is 5.68. The summed E-state index contributed by atoms with van der Waals surface area (Å²) in [6.45, 7) is 4.59. The first kappa shape index (κ1) is 16.2. The van der Waals surface area contributed by atoms with Crippen molar-refractivity contribution >= 4 is 16.6 Å². The molecule has 24 heavy (non-hydrogen) atoms. The lowest BCUT2D eigenvalue weighted by Gasteiger charge is -2.05. The Kier molecular flexibility index (Phi) is 5.20.